The molecule has 0 unspecified atom stereocenters. The van der Waals surface area contributed by atoms with E-state index < -0.39 is 6.04 Å². The minimum absolute atomic E-state index is 0.0633. The maximum atomic E-state index is 11.6. The fourth-order valence-electron chi connectivity index (χ4n) is 2.61. The second-order valence-electron chi connectivity index (χ2n) is 4.67. The zero-order chi connectivity index (χ0) is 11.8. The highest BCUT2D eigenvalue weighted by molar-refractivity contribution is 5.82. The highest BCUT2D eigenvalue weighted by atomic mass is 16.5. The molecular weight excluding hydrogens is 216 g/mol. The number of hydrogen-bond donors (Lipinski definition) is 2. The molecule has 0 fully saturated rings. The third kappa shape index (κ3) is 1.83. The van der Waals surface area contributed by atoms with E-state index in [-0.39, 0.29) is 5.91 Å². The summed E-state index contributed by atoms with van der Waals surface area (Å²) in [6.45, 7) is 2.02. The summed E-state index contributed by atoms with van der Waals surface area (Å²) in [5.41, 5.74) is 10.8. The van der Waals surface area contributed by atoms with Crippen molar-refractivity contribution in [3.63, 3.8) is 0 Å². The smallest absolute Gasteiger partial charge is 0.237 e. The number of ether oxygens (including phenoxy) is 1. The van der Waals surface area contributed by atoms with Gasteiger partial charge in [0.1, 0.15) is 0 Å². The van der Waals surface area contributed by atoms with Gasteiger partial charge in [-0.25, -0.2) is 0 Å². The summed E-state index contributed by atoms with van der Waals surface area (Å²) < 4.78 is 5.51. The molecule has 4 nitrogen and oxygen atoms in total. The second kappa shape index (κ2) is 4.13. The number of amides is 1. The second-order valence-corrected chi connectivity index (χ2v) is 4.67. The van der Waals surface area contributed by atoms with Crippen LogP contribution >= 0.6 is 0 Å². The fraction of sp³-hybridized carbons (Fsp3) is 0.462. The van der Waals surface area contributed by atoms with Gasteiger partial charge in [-0.1, -0.05) is 12.1 Å². The van der Waals surface area contributed by atoms with Crippen molar-refractivity contribution in [2.24, 2.45) is 5.73 Å². The maximum Gasteiger partial charge on any atom is 0.237 e. The van der Waals surface area contributed by atoms with Crippen molar-refractivity contribution in [1.29, 1.82) is 0 Å². The molecule has 0 aromatic heterocycles. The van der Waals surface area contributed by atoms with E-state index in [2.05, 4.69) is 17.4 Å². The first-order valence-corrected chi connectivity index (χ1v) is 5.99. The number of hydrogen-bond acceptors (Lipinski definition) is 3. The molecule has 90 valence electrons. The molecule has 0 spiro atoms. The van der Waals surface area contributed by atoms with Crippen LogP contribution in [0, 0.1) is 0 Å². The average Bonchev–Trinajstić information content (AvgIpc) is 2.50. The zero-order valence-corrected chi connectivity index (χ0v) is 9.66. The van der Waals surface area contributed by atoms with E-state index in [9.17, 15) is 4.79 Å². The molecule has 2 aliphatic heterocycles. The van der Waals surface area contributed by atoms with Gasteiger partial charge in [-0.05, 0) is 35.1 Å². The van der Waals surface area contributed by atoms with Crippen LogP contribution < -0.4 is 11.1 Å². The van der Waals surface area contributed by atoms with Crippen molar-refractivity contribution in [1.82, 2.24) is 5.32 Å². The Labute approximate surface area is 100 Å². The zero-order valence-electron chi connectivity index (χ0n) is 9.66. The van der Waals surface area contributed by atoms with Crippen LogP contribution in [0.2, 0.25) is 0 Å². The Morgan fingerprint density at radius 2 is 2.12 bits per heavy atom. The molecule has 3 rings (SSSR count). The summed E-state index contributed by atoms with van der Waals surface area (Å²) in [6.07, 6.45) is 1.58. The number of rotatable bonds is 0. The minimum atomic E-state index is -0.432. The molecule has 0 saturated carbocycles. The maximum absolute atomic E-state index is 11.6. The van der Waals surface area contributed by atoms with Crippen LogP contribution in [0.4, 0.5) is 0 Å². The van der Waals surface area contributed by atoms with Gasteiger partial charge in [0.05, 0.1) is 19.3 Å². The number of carbonyl (C=O) groups excluding carboxylic acids is 1. The van der Waals surface area contributed by atoms with Crippen LogP contribution in [0.25, 0.3) is 0 Å². The first-order chi connectivity index (χ1) is 8.25. The van der Waals surface area contributed by atoms with Gasteiger partial charge in [-0.2, -0.15) is 0 Å². The van der Waals surface area contributed by atoms with E-state index in [0.29, 0.717) is 19.6 Å². The van der Waals surface area contributed by atoms with Crippen LogP contribution in [0.15, 0.2) is 12.1 Å². The Morgan fingerprint density at radius 3 is 3.00 bits per heavy atom. The van der Waals surface area contributed by atoms with Crippen molar-refractivity contribution in [3.05, 3.63) is 34.4 Å². The van der Waals surface area contributed by atoms with Crippen molar-refractivity contribution in [2.45, 2.75) is 32.0 Å². The van der Waals surface area contributed by atoms with E-state index in [0.717, 1.165) is 13.0 Å². The molecule has 3 N–H and O–H groups in total. The van der Waals surface area contributed by atoms with Gasteiger partial charge in [0.2, 0.25) is 5.91 Å². The van der Waals surface area contributed by atoms with Gasteiger partial charge in [-0.3, -0.25) is 4.79 Å². The molecular formula is C13H16N2O2. The molecule has 0 bridgehead atoms. The number of carbonyl (C=O) groups is 1. The monoisotopic (exact) mass is 232 g/mol. The molecule has 0 saturated heterocycles. The summed E-state index contributed by atoms with van der Waals surface area (Å²) in [6, 6.07) is 3.83. The van der Waals surface area contributed by atoms with Gasteiger partial charge in [-0.15, -0.1) is 0 Å². The van der Waals surface area contributed by atoms with E-state index in [1.165, 1.54) is 22.3 Å². The first kappa shape index (κ1) is 10.7. The predicted octanol–water partition coefficient (Wildman–Crippen LogP) is 0.259. The lowest BCUT2D eigenvalue weighted by Crippen LogP contribution is -2.39. The quantitative estimate of drug-likeness (QED) is 0.674. The standard InChI is InChI=1S/C13H16N2O2/c14-12-5-9-2-1-8-3-4-17-7-11(8)10(9)6-15-13(12)16/h1-2,12H,3-7,14H2,(H,15,16)/t12-/m0/s1. The summed E-state index contributed by atoms with van der Waals surface area (Å²) in [4.78, 5) is 11.6. The van der Waals surface area contributed by atoms with E-state index in [4.69, 9.17) is 10.5 Å². The van der Waals surface area contributed by atoms with Gasteiger partial charge in [0.15, 0.2) is 0 Å². The Balaban J connectivity index is 2.06. The molecule has 1 atom stereocenters. The average molecular weight is 232 g/mol. The number of benzene rings is 1. The summed E-state index contributed by atoms with van der Waals surface area (Å²) in [5.74, 6) is -0.0633. The highest BCUT2D eigenvalue weighted by Gasteiger charge is 2.24. The summed E-state index contributed by atoms with van der Waals surface area (Å²) in [5, 5.41) is 2.88. The Bertz CT molecular complexity index is 471. The molecule has 17 heavy (non-hydrogen) atoms. The van der Waals surface area contributed by atoms with Gasteiger partial charge in [0.25, 0.3) is 0 Å². The van der Waals surface area contributed by atoms with Crippen LogP contribution in [0.1, 0.15) is 22.3 Å². The van der Waals surface area contributed by atoms with Gasteiger partial charge >= 0.3 is 0 Å². The molecule has 0 radical (unpaired) electrons. The van der Waals surface area contributed by atoms with E-state index in [1.807, 2.05) is 0 Å². The molecule has 0 aliphatic carbocycles. The van der Waals surface area contributed by atoms with E-state index in [1.54, 1.807) is 0 Å². The lowest BCUT2D eigenvalue weighted by molar-refractivity contribution is -0.122. The topological polar surface area (TPSA) is 64.3 Å². The third-order valence-electron chi connectivity index (χ3n) is 3.60. The normalized spacial score (nSPS) is 23.4. The largest absolute Gasteiger partial charge is 0.376 e. The number of nitrogens with one attached hydrogen (secondary N) is 1. The Kier molecular flexibility index (Phi) is 2.61. The van der Waals surface area contributed by atoms with Crippen molar-refractivity contribution >= 4 is 5.91 Å². The van der Waals surface area contributed by atoms with Crippen LogP contribution in [0.5, 0.6) is 0 Å². The number of fused-ring (bicyclic) bond motifs is 3. The summed E-state index contributed by atoms with van der Waals surface area (Å²) in [7, 11) is 0. The van der Waals surface area contributed by atoms with Crippen LogP contribution in [-0.4, -0.2) is 18.6 Å². The lowest BCUT2D eigenvalue weighted by Gasteiger charge is -2.21. The molecule has 1 aromatic carbocycles. The SMILES string of the molecule is N[C@H]1Cc2ccc3c(c2CNC1=O)COCC3. The number of nitrogens with two attached hydrogens (primary N) is 1. The van der Waals surface area contributed by atoms with Gasteiger partial charge in [0, 0.05) is 6.54 Å². The first-order valence-electron chi connectivity index (χ1n) is 5.99. The lowest BCUT2D eigenvalue weighted by atomic mass is 9.91. The van der Waals surface area contributed by atoms with Crippen LogP contribution in [-0.2, 0) is 35.5 Å². The summed E-state index contributed by atoms with van der Waals surface area (Å²) >= 11 is 0. The third-order valence-corrected chi connectivity index (χ3v) is 3.60. The van der Waals surface area contributed by atoms with Crippen molar-refractivity contribution in [3.8, 4) is 0 Å². The van der Waals surface area contributed by atoms with Gasteiger partial charge < -0.3 is 15.8 Å². The Morgan fingerprint density at radius 1 is 1.29 bits per heavy atom. The molecule has 1 aromatic rings. The highest BCUT2D eigenvalue weighted by Crippen LogP contribution is 2.26. The molecule has 1 amide bonds. The minimum Gasteiger partial charge on any atom is -0.376 e. The van der Waals surface area contributed by atoms with Crippen LogP contribution in [0.3, 0.4) is 0 Å². The van der Waals surface area contributed by atoms with E-state index >= 15 is 0 Å². The van der Waals surface area contributed by atoms with Crippen molar-refractivity contribution < 1.29 is 9.53 Å². The molecule has 2 aliphatic rings. The fourth-order valence-corrected chi connectivity index (χ4v) is 2.61. The Hall–Kier alpha value is -1.39. The molecule has 4 heteroatoms. The molecule has 2 heterocycles. The van der Waals surface area contributed by atoms with Crippen molar-refractivity contribution in [2.75, 3.05) is 6.61 Å². The predicted molar refractivity (Wildman–Crippen MR) is 63.3 cm³/mol.